The number of anilines is 2. The van der Waals surface area contributed by atoms with Gasteiger partial charge in [0.25, 0.3) is 0 Å². The van der Waals surface area contributed by atoms with Crippen LogP contribution in [0.3, 0.4) is 0 Å². The molecular formula is C9H13N3O. The van der Waals surface area contributed by atoms with Gasteiger partial charge in [-0.1, -0.05) is 0 Å². The van der Waals surface area contributed by atoms with Crippen LogP contribution in [0.2, 0.25) is 0 Å². The van der Waals surface area contributed by atoms with Gasteiger partial charge in [-0.3, -0.25) is 4.79 Å². The zero-order valence-electron chi connectivity index (χ0n) is 7.74. The third kappa shape index (κ3) is 1.97. The van der Waals surface area contributed by atoms with E-state index in [1.807, 2.05) is 0 Å². The van der Waals surface area contributed by atoms with Gasteiger partial charge in [0.05, 0.1) is 11.4 Å². The van der Waals surface area contributed by atoms with Crippen LogP contribution in [0.5, 0.6) is 0 Å². The molecule has 1 aromatic rings. The summed E-state index contributed by atoms with van der Waals surface area (Å²) in [5.41, 5.74) is 7.49. The van der Waals surface area contributed by atoms with Gasteiger partial charge >= 0.3 is 0 Å². The number of nitrogens with zero attached hydrogens (tertiary/aromatic N) is 1. The lowest BCUT2D eigenvalue weighted by molar-refractivity contribution is 0.101. The lowest BCUT2D eigenvalue weighted by atomic mass is 10.1. The Morgan fingerprint density at radius 3 is 2.54 bits per heavy atom. The van der Waals surface area contributed by atoms with E-state index in [0.29, 0.717) is 16.9 Å². The number of hydrazine groups is 1. The molecule has 0 unspecified atom stereocenters. The van der Waals surface area contributed by atoms with Crippen LogP contribution in [-0.2, 0) is 0 Å². The minimum absolute atomic E-state index is 0.00287. The molecule has 1 rings (SSSR count). The van der Waals surface area contributed by atoms with Crippen molar-refractivity contribution in [2.24, 2.45) is 5.84 Å². The van der Waals surface area contributed by atoms with Gasteiger partial charge in [0.2, 0.25) is 0 Å². The fraction of sp³-hybridized carbons (Fsp3) is 0.222. The SMILES string of the molecule is CC(=O)c1ccc(N)c(N(C)N)c1. The first kappa shape index (κ1) is 9.54. The number of benzene rings is 1. The number of carbonyl (C=O) groups is 1. The molecule has 4 heteroatoms. The van der Waals surface area contributed by atoms with Crippen LogP contribution in [-0.4, -0.2) is 12.8 Å². The van der Waals surface area contributed by atoms with Crippen molar-refractivity contribution in [3.8, 4) is 0 Å². The van der Waals surface area contributed by atoms with Crippen LogP contribution in [0.4, 0.5) is 11.4 Å². The second kappa shape index (κ2) is 3.45. The number of rotatable bonds is 2. The van der Waals surface area contributed by atoms with E-state index < -0.39 is 0 Å². The molecule has 13 heavy (non-hydrogen) atoms. The summed E-state index contributed by atoms with van der Waals surface area (Å²) in [6.07, 6.45) is 0. The maximum Gasteiger partial charge on any atom is 0.159 e. The van der Waals surface area contributed by atoms with Crippen molar-refractivity contribution in [1.82, 2.24) is 0 Å². The summed E-state index contributed by atoms with van der Waals surface area (Å²) in [5.74, 6) is 5.53. The van der Waals surface area contributed by atoms with Gasteiger partial charge in [0.1, 0.15) is 0 Å². The van der Waals surface area contributed by atoms with Crippen LogP contribution < -0.4 is 16.6 Å². The Hall–Kier alpha value is -1.55. The van der Waals surface area contributed by atoms with E-state index in [1.54, 1.807) is 25.2 Å². The molecule has 4 N–H and O–H groups in total. The Labute approximate surface area is 77.1 Å². The molecule has 0 aliphatic carbocycles. The smallest absolute Gasteiger partial charge is 0.159 e. The van der Waals surface area contributed by atoms with Gasteiger partial charge in [-0.05, 0) is 25.1 Å². The number of nitrogen functional groups attached to an aromatic ring is 1. The van der Waals surface area contributed by atoms with Crippen molar-refractivity contribution in [3.63, 3.8) is 0 Å². The molecule has 0 fully saturated rings. The van der Waals surface area contributed by atoms with Crippen LogP contribution in [0.25, 0.3) is 0 Å². The Balaban J connectivity index is 3.19. The second-order valence-corrected chi connectivity index (χ2v) is 2.94. The average molecular weight is 179 g/mol. The van der Waals surface area contributed by atoms with E-state index in [-0.39, 0.29) is 5.78 Å². The highest BCUT2D eigenvalue weighted by Crippen LogP contribution is 2.21. The molecule has 0 aliphatic rings. The molecule has 70 valence electrons. The zero-order valence-corrected chi connectivity index (χ0v) is 7.74. The molecule has 0 amide bonds. The van der Waals surface area contributed by atoms with Gasteiger partial charge in [0, 0.05) is 12.6 Å². The first-order valence-electron chi connectivity index (χ1n) is 3.91. The second-order valence-electron chi connectivity index (χ2n) is 2.94. The summed E-state index contributed by atoms with van der Waals surface area (Å²) < 4.78 is 0. The summed E-state index contributed by atoms with van der Waals surface area (Å²) >= 11 is 0. The van der Waals surface area contributed by atoms with Crippen LogP contribution in [0, 0.1) is 0 Å². The molecule has 0 saturated heterocycles. The van der Waals surface area contributed by atoms with Crippen LogP contribution in [0.15, 0.2) is 18.2 Å². The third-order valence-corrected chi connectivity index (χ3v) is 1.82. The molecular weight excluding hydrogens is 166 g/mol. The topological polar surface area (TPSA) is 72.4 Å². The standard InChI is InChI=1S/C9H13N3O/c1-6(13)7-3-4-8(10)9(5-7)12(2)11/h3-5H,10-11H2,1-2H3. The Morgan fingerprint density at radius 1 is 1.46 bits per heavy atom. The highest BCUT2D eigenvalue weighted by molar-refractivity contribution is 5.96. The van der Waals surface area contributed by atoms with Gasteiger partial charge in [-0.15, -0.1) is 0 Å². The van der Waals surface area contributed by atoms with Gasteiger partial charge in [-0.25, -0.2) is 5.84 Å². The first-order valence-corrected chi connectivity index (χ1v) is 3.91. The largest absolute Gasteiger partial charge is 0.397 e. The van der Waals surface area contributed by atoms with Crippen molar-refractivity contribution < 1.29 is 4.79 Å². The lowest BCUT2D eigenvalue weighted by Crippen LogP contribution is -2.26. The molecule has 0 radical (unpaired) electrons. The lowest BCUT2D eigenvalue weighted by Gasteiger charge is -2.15. The minimum Gasteiger partial charge on any atom is -0.397 e. The number of hydrogen-bond donors (Lipinski definition) is 2. The molecule has 0 heterocycles. The van der Waals surface area contributed by atoms with E-state index in [9.17, 15) is 4.79 Å². The Bertz CT molecular complexity index is 334. The van der Waals surface area contributed by atoms with Gasteiger partial charge in [0.15, 0.2) is 5.78 Å². The van der Waals surface area contributed by atoms with E-state index in [1.165, 1.54) is 11.9 Å². The maximum absolute atomic E-state index is 11.0. The van der Waals surface area contributed by atoms with Gasteiger partial charge < -0.3 is 10.7 Å². The Kier molecular flexibility index (Phi) is 2.53. The highest BCUT2D eigenvalue weighted by atomic mass is 16.1. The highest BCUT2D eigenvalue weighted by Gasteiger charge is 2.05. The third-order valence-electron chi connectivity index (χ3n) is 1.82. The van der Waals surface area contributed by atoms with E-state index in [0.717, 1.165) is 0 Å². The molecule has 0 atom stereocenters. The fourth-order valence-electron chi connectivity index (χ4n) is 1.07. The number of Topliss-reactive ketones (excluding diaryl/α,β-unsaturated/α-hetero) is 1. The molecule has 0 aromatic heterocycles. The van der Waals surface area contributed by atoms with Crippen LogP contribution in [0.1, 0.15) is 17.3 Å². The fourth-order valence-corrected chi connectivity index (χ4v) is 1.07. The normalized spacial score (nSPS) is 9.77. The number of carbonyl (C=O) groups excluding carboxylic acids is 1. The molecule has 1 aromatic carbocycles. The predicted octanol–water partition coefficient (Wildman–Crippen LogP) is 0.781. The van der Waals surface area contributed by atoms with Crippen molar-refractivity contribution >= 4 is 17.2 Å². The van der Waals surface area contributed by atoms with Crippen molar-refractivity contribution in [1.29, 1.82) is 0 Å². The molecule has 0 bridgehead atoms. The van der Waals surface area contributed by atoms with Crippen LogP contribution >= 0.6 is 0 Å². The number of hydrogen-bond acceptors (Lipinski definition) is 4. The van der Waals surface area contributed by atoms with Gasteiger partial charge in [-0.2, -0.15) is 0 Å². The van der Waals surface area contributed by atoms with E-state index in [2.05, 4.69) is 0 Å². The monoisotopic (exact) mass is 179 g/mol. The number of ketones is 1. The minimum atomic E-state index is 0.00287. The zero-order chi connectivity index (χ0) is 10.0. The van der Waals surface area contributed by atoms with E-state index in [4.69, 9.17) is 11.6 Å². The predicted molar refractivity (Wildman–Crippen MR) is 53.4 cm³/mol. The van der Waals surface area contributed by atoms with Crippen molar-refractivity contribution in [3.05, 3.63) is 23.8 Å². The summed E-state index contributed by atoms with van der Waals surface area (Å²) in [4.78, 5) is 11.0. The summed E-state index contributed by atoms with van der Waals surface area (Å²) in [6, 6.07) is 5.04. The quantitative estimate of drug-likeness (QED) is 0.304. The summed E-state index contributed by atoms with van der Waals surface area (Å²) in [7, 11) is 1.68. The van der Waals surface area contributed by atoms with E-state index >= 15 is 0 Å². The first-order chi connectivity index (χ1) is 6.02. The Morgan fingerprint density at radius 2 is 2.08 bits per heavy atom. The average Bonchev–Trinajstić information content (AvgIpc) is 2.04. The molecule has 0 saturated carbocycles. The van der Waals surface area contributed by atoms with Crippen molar-refractivity contribution in [2.45, 2.75) is 6.92 Å². The molecule has 0 aliphatic heterocycles. The molecule has 4 nitrogen and oxygen atoms in total. The van der Waals surface area contributed by atoms with Crippen molar-refractivity contribution in [2.75, 3.05) is 17.8 Å². The molecule has 0 spiro atoms. The summed E-state index contributed by atoms with van der Waals surface area (Å²) in [5, 5.41) is 1.39. The number of nitrogens with two attached hydrogens (primary N) is 2. The summed E-state index contributed by atoms with van der Waals surface area (Å²) in [6.45, 7) is 1.51. The maximum atomic E-state index is 11.0.